The minimum Gasteiger partial charge on any atom is -0.272 e. The molecular formula is C26H20N4OS3. The van der Waals surface area contributed by atoms with Crippen LogP contribution >= 0.6 is 34.9 Å². The number of hydrogen-bond donors (Lipinski definition) is 1. The van der Waals surface area contributed by atoms with Crippen LogP contribution in [-0.2, 0) is 10.5 Å². The summed E-state index contributed by atoms with van der Waals surface area (Å²) in [5.41, 5.74) is 4.88. The van der Waals surface area contributed by atoms with Crippen LogP contribution in [0.25, 0.3) is 21.5 Å². The summed E-state index contributed by atoms with van der Waals surface area (Å²) >= 11 is 4.52. The van der Waals surface area contributed by atoms with Crippen molar-refractivity contribution in [2.24, 2.45) is 5.10 Å². The van der Waals surface area contributed by atoms with Crippen molar-refractivity contribution in [3.63, 3.8) is 0 Å². The van der Waals surface area contributed by atoms with Crippen LogP contribution in [0.4, 0.5) is 0 Å². The molecule has 1 heterocycles. The molecular weight excluding hydrogens is 481 g/mol. The zero-order chi connectivity index (χ0) is 23.2. The van der Waals surface area contributed by atoms with E-state index in [-0.39, 0.29) is 11.7 Å². The maximum absolute atomic E-state index is 12.4. The highest BCUT2D eigenvalue weighted by Gasteiger charge is 2.09. The zero-order valence-corrected chi connectivity index (χ0v) is 20.5. The van der Waals surface area contributed by atoms with E-state index in [1.165, 1.54) is 28.7 Å². The number of fused-ring (bicyclic) bond motifs is 2. The van der Waals surface area contributed by atoms with E-state index in [2.05, 4.69) is 63.2 Å². The van der Waals surface area contributed by atoms with Gasteiger partial charge in [-0.3, -0.25) is 4.79 Å². The van der Waals surface area contributed by atoms with Gasteiger partial charge in [0.1, 0.15) is 0 Å². The van der Waals surface area contributed by atoms with Crippen LogP contribution in [0.1, 0.15) is 11.1 Å². The van der Waals surface area contributed by atoms with E-state index in [9.17, 15) is 4.79 Å². The molecule has 0 unspecified atom stereocenters. The molecule has 5 aromatic rings. The van der Waals surface area contributed by atoms with Gasteiger partial charge in [0.05, 0.1) is 12.0 Å². The maximum Gasteiger partial charge on any atom is 0.250 e. The summed E-state index contributed by atoms with van der Waals surface area (Å²) in [5, 5.41) is 17.1. The third-order valence-electron chi connectivity index (χ3n) is 5.12. The number of hydrazone groups is 1. The molecule has 5 rings (SSSR count). The summed E-state index contributed by atoms with van der Waals surface area (Å²) in [5.74, 6) is 0.892. The number of hydrogen-bond acceptors (Lipinski definition) is 7. The molecule has 0 spiro atoms. The highest BCUT2D eigenvalue weighted by molar-refractivity contribution is 8.03. The molecule has 1 amide bonds. The van der Waals surface area contributed by atoms with Gasteiger partial charge in [0.2, 0.25) is 0 Å². The summed E-state index contributed by atoms with van der Waals surface area (Å²) in [4.78, 5) is 12.4. The fraction of sp³-hybridized carbons (Fsp3) is 0.0769. The van der Waals surface area contributed by atoms with Crippen LogP contribution in [0.2, 0.25) is 0 Å². The van der Waals surface area contributed by atoms with E-state index in [0.29, 0.717) is 0 Å². The molecule has 0 bridgehead atoms. The highest BCUT2D eigenvalue weighted by Crippen LogP contribution is 2.30. The van der Waals surface area contributed by atoms with Crippen LogP contribution in [0.5, 0.6) is 0 Å². The van der Waals surface area contributed by atoms with Gasteiger partial charge in [-0.2, -0.15) is 5.10 Å². The SMILES string of the molecule is O=C(CSc1nnc(SCc2ccccc2)s1)N/N=C/c1c2ccccc2cc2ccccc12. The lowest BCUT2D eigenvalue weighted by molar-refractivity contribution is -0.118. The Balaban J connectivity index is 1.19. The van der Waals surface area contributed by atoms with Crippen LogP contribution in [-0.4, -0.2) is 28.1 Å². The summed E-state index contributed by atoms with van der Waals surface area (Å²) in [7, 11) is 0. The zero-order valence-electron chi connectivity index (χ0n) is 18.0. The van der Waals surface area contributed by atoms with Gasteiger partial charge in [-0.25, -0.2) is 5.43 Å². The number of nitrogens with one attached hydrogen (secondary N) is 1. The minimum absolute atomic E-state index is 0.181. The average molecular weight is 501 g/mol. The van der Waals surface area contributed by atoms with Crippen molar-refractivity contribution in [3.8, 4) is 0 Å². The molecule has 0 saturated heterocycles. The summed E-state index contributed by atoms with van der Waals surface area (Å²) in [6.07, 6.45) is 1.73. The number of carbonyl (C=O) groups is 1. The Morgan fingerprint density at radius 2 is 1.47 bits per heavy atom. The van der Waals surface area contributed by atoms with Crippen molar-refractivity contribution in [1.82, 2.24) is 15.6 Å². The predicted octanol–water partition coefficient (Wildman–Crippen LogP) is 6.38. The molecule has 0 radical (unpaired) electrons. The van der Waals surface area contributed by atoms with E-state index >= 15 is 0 Å². The molecule has 1 aromatic heterocycles. The Morgan fingerprint density at radius 1 is 0.853 bits per heavy atom. The van der Waals surface area contributed by atoms with Crippen molar-refractivity contribution >= 4 is 68.5 Å². The first kappa shape index (κ1) is 22.6. The van der Waals surface area contributed by atoms with Crippen molar-refractivity contribution in [3.05, 3.63) is 96.1 Å². The van der Waals surface area contributed by atoms with Crippen molar-refractivity contribution < 1.29 is 4.79 Å². The average Bonchev–Trinajstić information content (AvgIpc) is 3.34. The van der Waals surface area contributed by atoms with E-state index in [1.54, 1.807) is 18.0 Å². The largest absolute Gasteiger partial charge is 0.272 e. The third-order valence-corrected chi connectivity index (χ3v) is 8.38. The van der Waals surface area contributed by atoms with Crippen LogP contribution in [0, 0.1) is 0 Å². The number of rotatable bonds is 8. The fourth-order valence-corrected chi connectivity index (χ4v) is 6.32. The molecule has 1 N–H and O–H groups in total. The molecule has 5 nitrogen and oxygen atoms in total. The number of nitrogens with zero attached hydrogens (tertiary/aromatic N) is 3. The Hall–Kier alpha value is -3.20. The van der Waals surface area contributed by atoms with Gasteiger partial charge in [0.25, 0.3) is 5.91 Å². The molecule has 34 heavy (non-hydrogen) atoms. The normalized spacial score (nSPS) is 11.4. The Labute approximate surface area is 209 Å². The second-order valence-electron chi connectivity index (χ2n) is 7.42. The third kappa shape index (κ3) is 5.47. The monoisotopic (exact) mass is 500 g/mol. The van der Waals surface area contributed by atoms with Gasteiger partial charge in [0, 0.05) is 11.3 Å². The quantitative estimate of drug-likeness (QED) is 0.116. The Kier molecular flexibility index (Phi) is 7.19. The number of thioether (sulfide) groups is 2. The summed E-state index contributed by atoms with van der Waals surface area (Å²) < 4.78 is 1.67. The van der Waals surface area contributed by atoms with Crippen LogP contribution in [0.15, 0.2) is 98.7 Å². The molecule has 168 valence electrons. The maximum atomic E-state index is 12.4. The van der Waals surface area contributed by atoms with Crippen molar-refractivity contribution in [1.29, 1.82) is 0 Å². The van der Waals surface area contributed by atoms with E-state index in [1.807, 2.05) is 42.5 Å². The fourth-order valence-electron chi connectivity index (χ4n) is 3.55. The lowest BCUT2D eigenvalue weighted by atomic mass is 9.97. The molecule has 4 aromatic carbocycles. The van der Waals surface area contributed by atoms with Gasteiger partial charge in [-0.15, -0.1) is 10.2 Å². The Bertz CT molecular complexity index is 1410. The second-order valence-corrected chi connectivity index (χ2v) is 10.8. The highest BCUT2D eigenvalue weighted by atomic mass is 32.2. The first-order chi connectivity index (χ1) is 16.8. The van der Waals surface area contributed by atoms with Crippen molar-refractivity contribution in [2.45, 2.75) is 14.4 Å². The first-order valence-corrected chi connectivity index (χ1v) is 13.4. The molecule has 8 heteroatoms. The molecule has 0 aliphatic heterocycles. The van der Waals surface area contributed by atoms with Gasteiger partial charge in [-0.05, 0) is 33.2 Å². The minimum atomic E-state index is -0.181. The molecule has 0 fully saturated rings. The first-order valence-electron chi connectivity index (χ1n) is 10.6. The second kappa shape index (κ2) is 10.8. The van der Waals surface area contributed by atoms with E-state index in [0.717, 1.165) is 41.5 Å². The lowest BCUT2D eigenvalue weighted by Gasteiger charge is -2.07. The topological polar surface area (TPSA) is 67.2 Å². The van der Waals surface area contributed by atoms with E-state index in [4.69, 9.17) is 0 Å². The molecule has 0 aliphatic rings. The van der Waals surface area contributed by atoms with Crippen LogP contribution < -0.4 is 5.43 Å². The summed E-state index contributed by atoms with van der Waals surface area (Å²) in [6, 6.07) is 28.8. The van der Waals surface area contributed by atoms with E-state index < -0.39 is 0 Å². The molecule has 0 aliphatic carbocycles. The molecule has 0 saturated carbocycles. The number of aromatic nitrogens is 2. The number of amides is 1. The smallest absolute Gasteiger partial charge is 0.250 e. The number of benzene rings is 4. The lowest BCUT2D eigenvalue weighted by Crippen LogP contribution is -2.19. The molecule has 0 atom stereocenters. The standard InChI is InChI=1S/C26H20N4OS3/c31-24(17-33-26-30-29-25(34-26)32-16-18-8-2-1-3-9-18)28-27-15-23-21-12-6-4-10-19(21)14-20-11-5-7-13-22(20)23/h1-15H,16-17H2,(H,28,31)/b27-15+. The van der Waals surface area contributed by atoms with Crippen LogP contribution in [0.3, 0.4) is 0 Å². The van der Waals surface area contributed by atoms with Crippen molar-refractivity contribution in [2.75, 3.05) is 5.75 Å². The summed E-state index contributed by atoms with van der Waals surface area (Å²) in [6.45, 7) is 0. The van der Waals surface area contributed by atoms with Gasteiger partial charge in [0.15, 0.2) is 8.68 Å². The van der Waals surface area contributed by atoms with Gasteiger partial charge >= 0.3 is 0 Å². The predicted molar refractivity (Wildman–Crippen MR) is 144 cm³/mol. The van der Waals surface area contributed by atoms with Gasteiger partial charge < -0.3 is 0 Å². The Morgan fingerprint density at radius 3 is 2.18 bits per heavy atom. The number of carbonyl (C=O) groups excluding carboxylic acids is 1. The van der Waals surface area contributed by atoms with Gasteiger partial charge in [-0.1, -0.05) is 114 Å².